The summed E-state index contributed by atoms with van der Waals surface area (Å²) in [4.78, 5) is 34.8. The van der Waals surface area contributed by atoms with Gasteiger partial charge in [-0.05, 0) is 42.5 Å². The molecule has 214 valence electrons. The number of pyridine rings is 1. The molecule has 0 saturated carbocycles. The molecule has 7 rings (SSSR count). The van der Waals surface area contributed by atoms with Crippen LogP contribution in [0.25, 0.3) is 27.6 Å². The number of hydrogen-bond acceptors (Lipinski definition) is 9. The second-order valence-corrected chi connectivity index (χ2v) is 11.1. The minimum atomic E-state index is -0.284. The molecule has 0 spiro atoms. The Morgan fingerprint density at radius 2 is 1.84 bits per heavy atom. The highest BCUT2D eigenvalue weighted by molar-refractivity contribution is 7.15. The van der Waals surface area contributed by atoms with Gasteiger partial charge in [0.1, 0.15) is 11.5 Å². The van der Waals surface area contributed by atoms with Gasteiger partial charge < -0.3 is 20.3 Å². The van der Waals surface area contributed by atoms with Gasteiger partial charge in [-0.2, -0.15) is 0 Å². The van der Waals surface area contributed by atoms with Gasteiger partial charge in [-0.3, -0.25) is 9.20 Å². The number of imidazole rings is 1. The molecule has 2 aromatic carbocycles. The van der Waals surface area contributed by atoms with Gasteiger partial charge in [0, 0.05) is 42.1 Å². The zero-order valence-corrected chi connectivity index (χ0v) is 24.3. The van der Waals surface area contributed by atoms with Gasteiger partial charge in [-0.15, -0.1) is 11.3 Å². The lowest BCUT2D eigenvalue weighted by Crippen LogP contribution is -2.36. The molecule has 10 nitrogen and oxygen atoms in total. The van der Waals surface area contributed by atoms with Gasteiger partial charge in [-0.1, -0.05) is 35.9 Å². The molecule has 0 atom stereocenters. The lowest BCUT2D eigenvalue weighted by Gasteiger charge is -2.27. The fraction of sp³-hybridized carbons (Fsp3) is 0.129. The average molecular weight is 609 g/mol. The van der Waals surface area contributed by atoms with Crippen LogP contribution >= 0.6 is 22.9 Å². The zero-order chi connectivity index (χ0) is 29.2. The number of nitrogens with one attached hydrogen (secondary N) is 2. The van der Waals surface area contributed by atoms with Crippen molar-refractivity contribution in [1.29, 1.82) is 0 Å². The molecule has 0 aliphatic carbocycles. The van der Waals surface area contributed by atoms with E-state index in [-0.39, 0.29) is 5.91 Å². The maximum absolute atomic E-state index is 12.9. The van der Waals surface area contributed by atoms with E-state index in [1.807, 2.05) is 58.4 Å². The van der Waals surface area contributed by atoms with Gasteiger partial charge in [0.15, 0.2) is 4.96 Å². The number of nitrogens with zero attached hydrogens (tertiary/aromatic N) is 6. The summed E-state index contributed by atoms with van der Waals surface area (Å²) in [7, 11) is 0. The highest BCUT2D eigenvalue weighted by atomic mass is 35.5. The highest BCUT2D eigenvalue weighted by Crippen LogP contribution is 2.35. The number of carbonyl (C=O) groups excluding carboxylic acids is 1. The second-order valence-electron chi connectivity index (χ2n) is 9.77. The molecule has 0 radical (unpaired) electrons. The molecule has 43 heavy (non-hydrogen) atoms. The standard InChI is InChI=1S/C31H25ClN8O2S/c32-24-7-2-1-6-23(24)29(41)35-21-5-3-4-20(18-21)27-28(40-14-17-43-31(40)38-27)25-10-11-33-30(37-25)36-22-8-9-26(34-19-22)39-12-15-42-16-13-39/h1-11,14,17-19H,12-13,15-16H2,(H,35,41)(H,33,36,37). The van der Waals surface area contributed by atoms with E-state index in [0.717, 1.165) is 46.5 Å². The SMILES string of the molecule is O=C(Nc1cccc(-c2nc3sccn3c2-c2ccnc(Nc3ccc(N4CCOCC4)nc3)n2)c1)c1ccccc1Cl. The highest BCUT2D eigenvalue weighted by Gasteiger charge is 2.20. The molecule has 1 saturated heterocycles. The number of aromatic nitrogens is 5. The molecule has 1 aliphatic rings. The lowest BCUT2D eigenvalue weighted by molar-refractivity contribution is 0.102. The van der Waals surface area contributed by atoms with Crippen LogP contribution in [-0.4, -0.2) is 56.5 Å². The van der Waals surface area contributed by atoms with Crippen LogP contribution in [0, 0.1) is 0 Å². The molecule has 2 N–H and O–H groups in total. The Balaban J connectivity index is 1.17. The number of benzene rings is 2. The summed E-state index contributed by atoms with van der Waals surface area (Å²) < 4.78 is 7.45. The van der Waals surface area contributed by atoms with Crippen molar-refractivity contribution in [2.24, 2.45) is 0 Å². The Kier molecular flexibility index (Phi) is 7.42. The normalized spacial score (nSPS) is 13.3. The molecule has 12 heteroatoms. The molecule has 1 aliphatic heterocycles. The van der Waals surface area contributed by atoms with Gasteiger partial charge in [-0.25, -0.2) is 19.9 Å². The van der Waals surface area contributed by atoms with Crippen molar-refractivity contribution < 1.29 is 9.53 Å². The first-order valence-corrected chi connectivity index (χ1v) is 14.9. The summed E-state index contributed by atoms with van der Waals surface area (Å²) in [5, 5.41) is 8.60. The number of fused-ring (bicyclic) bond motifs is 1. The Morgan fingerprint density at radius 1 is 0.953 bits per heavy atom. The van der Waals surface area contributed by atoms with Crippen molar-refractivity contribution in [3.63, 3.8) is 0 Å². The minimum absolute atomic E-state index is 0.284. The molecule has 0 bridgehead atoms. The number of anilines is 4. The monoisotopic (exact) mass is 608 g/mol. The summed E-state index contributed by atoms with van der Waals surface area (Å²) in [5.74, 6) is 1.07. The Bertz CT molecular complexity index is 1920. The second kappa shape index (κ2) is 11.8. The Morgan fingerprint density at radius 3 is 2.67 bits per heavy atom. The fourth-order valence-electron chi connectivity index (χ4n) is 4.94. The number of hydrogen-bond donors (Lipinski definition) is 2. The summed E-state index contributed by atoms with van der Waals surface area (Å²) in [6, 6.07) is 20.3. The smallest absolute Gasteiger partial charge is 0.257 e. The third kappa shape index (κ3) is 5.65. The van der Waals surface area contributed by atoms with E-state index in [1.165, 1.54) is 11.3 Å². The maximum Gasteiger partial charge on any atom is 0.257 e. The van der Waals surface area contributed by atoms with Crippen LogP contribution < -0.4 is 15.5 Å². The van der Waals surface area contributed by atoms with Gasteiger partial charge in [0.2, 0.25) is 5.95 Å². The maximum atomic E-state index is 12.9. The van der Waals surface area contributed by atoms with Crippen LogP contribution in [0.2, 0.25) is 5.02 Å². The lowest BCUT2D eigenvalue weighted by atomic mass is 10.1. The molecule has 1 amide bonds. The van der Waals surface area contributed by atoms with Crippen molar-refractivity contribution in [1.82, 2.24) is 24.3 Å². The van der Waals surface area contributed by atoms with E-state index < -0.39 is 0 Å². The van der Waals surface area contributed by atoms with Crippen molar-refractivity contribution in [2.75, 3.05) is 41.8 Å². The minimum Gasteiger partial charge on any atom is -0.378 e. The topological polar surface area (TPSA) is 110 Å². The van der Waals surface area contributed by atoms with Crippen molar-refractivity contribution in [3.8, 4) is 22.6 Å². The zero-order valence-electron chi connectivity index (χ0n) is 22.8. The quantitative estimate of drug-likeness (QED) is 0.214. The van der Waals surface area contributed by atoms with E-state index in [9.17, 15) is 4.79 Å². The molecule has 5 heterocycles. The number of thiazole rings is 1. The van der Waals surface area contributed by atoms with Gasteiger partial charge >= 0.3 is 0 Å². The number of amides is 1. The van der Waals surface area contributed by atoms with Crippen LogP contribution in [0.5, 0.6) is 0 Å². The number of rotatable bonds is 7. The Labute approximate surface area is 256 Å². The predicted octanol–water partition coefficient (Wildman–Crippen LogP) is 6.40. The van der Waals surface area contributed by atoms with Crippen LogP contribution in [0.15, 0.2) is 90.7 Å². The van der Waals surface area contributed by atoms with E-state index in [0.29, 0.717) is 41.1 Å². The van der Waals surface area contributed by atoms with Crippen LogP contribution in [-0.2, 0) is 4.74 Å². The summed E-state index contributed by atoms with van der Waals surface area (Å²) >= 11 is 7.77. The van der Waals surface area contributed by atoms with Crippen LogP contribution in [0.1, 0.15) is 10.4 Å². The molecular formula is C31H25ClN8O2S. The van der Waals surface area contributed by atoms with Crippen LogP contribution in [0.3, 0.4) is 0 Å². The van der Waals surface area contributed by atoms with E-state index in [4.69, 9.17) is 26.3 Å². The summed E-state index contributed by atoms with van der Waals surface area (Å²) in [6.45, 7) is 3.06. The summed E-state index contributed by atoms with van der Waals surface area (Å²) in [6.07, 6.45) is 5.47. The van der Waals surface area contributed by atoms with E-state index >= 15 is 0 Å². The fourth-order valence-corrected chi connectivity index (χ4v) is 5.87. The van der Waals surface area contributed by atoms with E-state index in [1.54, 1.807) is 36.7 Å². The number of morpholine rings is 1. The molecule has 0 unspecified atom stereocenters. The largest absolute Gasteiger partial charge is 0.378 e. The number of halogens is 1. The first kappa shape index (κ1) is 27.0. The summed E-state index contributed by atoms with van der Waals surface area (Å²) in [5.41, 5.74) is 4.90. The van der Waals surface area contributed by atoms with Crippen LogP contribution in [0.4, 0.5) is 23.1 Å². The van der Waals surface area contributed by atoms with Gasteiger partial charge in [0.25, 0.3) is 5.91 Å². The first-order chi connectivity index (χ1) is 21.1. The average Bonchev–Trinajstić information content (AvgIpc) is 3.64. The number of ether oxygens (including phenoxy) is 1. The first-order valence-electron chi connectivity index (χ1n) is 13.6. The molecule has 1 fully saturated rings. The molecule has 6 aromatic rings. The Hall–Kier alpha value is -4.84. The third-order valence-electron chi connectivity index (χ3n) is 7.01. The third-order valence-corrected chi connectivity index (χ3v) is 8.10. The van der Waals surface area contributed by atoms with Crippen molar-refractivity contribution in [3.05, 3.63) is 101 Å². The molecular weight excluding hydrogens is 584 g/mol. The van der Waals surface area contributed by atoms with E-state index in [2.05, 4.69) is 25.5 Å². The van der Waals surface area contributed by atoms with Crippen molar-refractivity contribution >= 4 is 56.9 Å². The van der Waals surface area contributed by atoms with Gasteiger partial charge in [0.05, 0.1) is 47.1 Å². The predicted molar refractivity (Wildman–Crippen MR) is 169 cm³/mol. The molecule has 4 aromatic heterocycles. The number of carbonyl (C=O) groups is 1. The van der Waals surface area contributed by atoms with Crippen molar-refractivity contribution in [2.45, 2.75) is 0 Å².